The zero-order valence-electron chi connectivity index (χ0n) is 10.5. The minimum atomic E-state index is 0.839. The van der Waals surface area contributed by atoms with Crippen LogP contribution in [0.1, 0.15) is 12.7 Å². The predicted octanol–water partition coefficient (Wildman–Crippen LogP) is 2.59. The topological polar surface area (TPSA) is 43.6 Å². The van der Waals surface area contributed by atoms with Gasteiger partial charge in [0.15, 0.2) is 11.6 Å². The van der Waals surface area contributed by atoms with E-state index in [1.807, 2.05) is 36.1 Å². The molecule has 0 saturated heterocycles. The Kier molecular flexibility index (Phi) is 2.55. The van der Waals surface area contributed by atoms with Gasteiger partial charge in [0, 0.05) is 30.6 Å². The summed E-state index contributed by atoms with van der Waals surface area (Å²) in [4.78, 5) is 9.01. The van der Waals surface area contributed by atoms with Gasteiger partial charge in [0.1, 0.15) is 0 Å². The summed E-state index contributed by atoms with van der Waals surface area (Å²) >= 11 is 0. The van der Waals surface area contributed by atoms with Gasteiger partial charge in [0.05, 0.1) is 5.52 Å². The van der Waals surface area contributed by atoms with Crippen LogP contribution in [-0.4, -0.2) is 19.7 Å². The molecule has 18 heavy (non-hydrogen) atoms. The number of fused-ring (bicyclic) bond motifs is 1. The fourth-order valence-electron chi connectivity index (χ4n) is 2.11. The van der Waals surface area contributed by atoms with Crippen molar-refractivity contribution in [1.29, 1.82) is 0 Å². The van der Waals surface area contributed by atoms with Crippen LogP contribution in [-0.2, 0) is 13.5 Å². The maximum atomic E-state index is 4.56. The summed E-state index contributed by atoms with van der Waals surface area (Å²) in [5.41, 5.74) is 2.00. The summed E-state index contributed by atoms with van der Waals surface area (Å²) in [6.45, 7) is 2.06. The Balaban J connectivity index is 2.27. The Bertz CT molecular complexity index is 695. The maximum absolute atomic E-state index is 4.56. The van der Waals surface area contributed by atoms with Gasteiger partial charge in [-0.05, 0) is 12.1 Å². The van der Waals surface area contributed by atoms with Crippen molar-refractivity contribution >= 4 is 10.9 Å². The third-order valence-electron chi connectivity index (χ3n) is 3.00. The monoisotopic (exact) mass is 238 g/mol. The van der Waals surface area contributed by atoms with E-state index >= 15 is 0 Å². The number of hydrogen-bond acceptors (Lipinski definition) is 3. The molecule has 0 unspecified atom stereocenters. The first-order valence-electron chi connectivity index (χ1n) is 6.03. The molecule has 0 bridgehead atoms. The number of aromatic nitrogens is 4. The molecule has 0 aliphatic heterocycles. The van der Waals surface area contributed by atoms with Crippen LogP contribution in [0.3, 0.4) is 0 Å². The highest BCUT2D eigenvalue weighted by Gasteiger charge is 2.11. The van der Waals surface area contributed by atoms with Crippen molar-refractivity contribution in [3.05, 3.63) is 42.4 Å². The highest BCUT2D eigenvalue weighted by atomic mass is 15.3. The standard InChI is InChI=1S/C14H14N4/c1-3-12-16-14(18(2)17-12)11-8-4-6-10-7-5-9-15-13(10)11/h4-9H,3H2,1-2H3. The summed E-state index contributed by atoms with van der Waals surface area (Å²) < 4.78 is 1.82. The molecule has 2 heterocycles. The van der Waals surface area contributed by atoms with Gasteiger partial charge in [-0.25, -0.2) is 9.67 Å². The van der Waals surface area contributed by atoms with Crippen LogP contribution in [0.2, 0.25) is 0 Å². The molecular formula is C14H14N4. The van der Waals surface area contributed by atoms with E-state index in [1.165, 1.54) is 0 Å². The Hall–Kier alpha value is -2.23. The van der Waals surface area contributed by atoms with Gasteiger partial charge in [0.2, 0.25) is 0 Å². The molecule has 0 atom stereocenters. The summed E-state index contributed by atoms with van der Waals surface area (Å²) in [6.07, 6.45) is 2.65. The quantitative estimate of drug-likeness (QED) is 0.689. The molecular weight excluding hydrogens is 224 g/mol. The second-order valence-electron chi connectivity index (χ2n) is 4.21. The van der Waals surface area contributed by atoms with Gasteiger partial charge in [-0.1, -0.05) is 25.1 Å². The van der Waals surface area contributed by atoms with Crippen LogP contribution < -0.4 is 0 Å². The van der Waals surface area contributed by atoms with Crippen molar-refractivity contribution in [3.63, 3.8) is 0 Å². The van der Waals surface area contributed by atoms with Crippen molar-refractivity contribution in [2.75, 3.05) is 0 Å². The molecule has 4 nitrogen and oxygen atoms in total. The number of para-hydroxylation sites is 1. The molecule has 2 aromatic heterocycles. The molecule has 0 aliphatic carbocycles. The van der Waals surface area contributed by atoms with Gasteiger partial charge in [0.25, 0.3) is 0 Å². The zero-order chi connectivity index (χ0) is 12.5. The first-order valence-corrected chi connectivity index (χ1v) is 6.03. The average Bonchev–Trinajstić information content (AvgIpc) is 2.79. The van der Waals surface area contributed by atoms with Gasteiger partial charge in [-0.2, -0.15) is 5.10 Å². The summed E-state index contributed by atoms with van der Waals surface area (Å²) in [5.74, 6) is 1.73. The van der Waals surface area contributed by atoms with Crippen LogP contribution in [0.25, 0.3) is 22.3 Å². The molecule has 3 rings (SSSR count). The smallest absolute Gasteiger partial charge is 0.160 e. The highest BCUT2D eigenvalue weighted by Crippen LogP contribution is 2.25. The SMILES string of the molecule is CCc1nc(-c2cccc3cccnc23)n(C)n1. The minimum absolute atomic E-state index is 0.839. The number of hydrogen-bond donors (Lipinski definition) is 0. The van der Waals surface area contributed by atoms with Gasteiger partial charge < -0.3 is 0 Å². The minimum Gasteiger partial charge on any atom is -0.255 e. The third-order valence-corrected chi connectivity index (χ3v) is 3.00. The highest BCUT2D eigenvalue weighted by molar-refractivity contribution is 5.91. The van der Waals surface area contributed by atoms with Crippen molar-refractivity contribution in [1.82, 2.24) is 19.7 Å². The Morgan fingerprint density at radius 3 is 2.78 bits per heavy atom. The maximum Gasteiger partial charge on any atom is 0.160 e. The Labute approximate surface area is 105 Å². The Morgan fingerprint density at radius 1 is 1.17 bits per heavy atom. The van der Waals surface area contributed by atoms with E-state index < -0.39 is 0 Å². The molecule has 0 saturated carbocycles. The van der Waals surface area contributed by atoms with Gasteiger partial charge in [-0.3, -0.25) is 4.98 Å². The van der Waals surface area contributed by atoms with E-state index in [9.17, 15) is 0 Å². The van der Waals surface area contributed by atoms with E-state index in [1.54, 1.807) is 0 Å². The van der Waals surface area contributed by atoms with Gasteiger partial charge >= 0.3 is 0 Å². The fourth-order valence-corrected chi connectivity index (χ4v) is 2.11. The second-order valence-corrected chi connectivity index (χ2v) is 4.21. The van der Waals surface area contributed by atoms with E-state index in [4.69, 9.17) is 0 Å². The lowest BCUT2D eigenvalue weighted by Crippen LogP contribution is -1.96. The van der Waals surface area contributed by atoms with E-state index in [-0.39, 0.29) is 0 Å². The third kappa shape index (κ3) is 1.66. The van der Waals surface area contributed by atoms with Crippen LogP contribution in [0.15, 0.2) is 36.5 Å². The lowest BCUT2D eigenvalue weighted by Gasteiger charge is -2.04. The molecule has 0 fully saturated rings. The van der Waals surface area contributed by atoms with Gasteiger partial charge in [-0.15, -0.1) is 0 Å². The van der Waals surface area contributed by atoms with E-state index in [0.717, 1.165) is 34.5 Å². The molecule has 0 N–H and O–H groups in total. The van der Waals surface area contributed by atoms with Crippen LogP contribution in [0, 0.1) is 0 Å². The first kappa shape index (κ1) is 10.9. The lowest BCUT2D eigenvalue weighted by atomic mass is 10.1. The van der Waals surface area contributed by atoms with Crippen LogP contribution in [0.5, 0.6) is 0 Å². The fraction of sp³-hybridized carbons (Fsp3) is 0.214. The number of aryl methyl sites for hydroxylation is 2. The number of rotatable bonds is 2. The Morgan fingerprint density at radius 2 is 2.00 bits per heavy atom. The molecule has 0 amide bonds. The lowest BCUT2D eigenvalue weighted by molar-refractivity contribution is 0.753. The molecule has 4 heteroatoms. The normalized spacial score (nSPS) is 11.0. The van der Waals surface area contributed by atoms with Crippen molar-refractivity contribution in [2.24, 2.45) is 7.05 Å². The molecule has 3 aromatic rings. The largest absolute Gasteiger partial charge is 0.255 e. The molecule has 0 spiro atoms. The van der Waals surface area contributed by atoms with Crippen LogP contribution in [0.4, 0.5) is 0 Å². The second kappa shape index (κ2) is 4.22. The molecule has 0 aliphatic rings. The van der Waals surface area contributed by atoms with E-state index in [2.05, 4.69) is 34.1 Å². The zero-order valence-corrected chi connectivity index (χ0v) is 10.5. The number of pyridine rings is 1. The summed E-state index contributed by atoms with van der Waals surface area (Å²) in [6, 6.07) is 10.1. The molecule has 0 radical (unpaired) electrons. The first-order chi connectivity index (χ1) is 8.79. The summed E-state index contributed by atoms with van der Waals surface area (Å²) in [5, 5.41) is 5.51. The van der Waals surface area contributed by atoms with Crippen molar-refractivity contribution in [3.8, 4) is 11.4 Å². The molecule has 1 aromatic carbocycles. The summed E-state index contributed by atoms with van der Waals surface area (Å²) in [7, 11) is 1.92. The van der Waals surface area contributed by atoms with Crippen molar-refractivity contribution < 1.29 is 0 Å². The number of benzene rings is 1. The van der Waals surface area contributed by atoms with Crippen molar-refractivity contribution in [2.45, 2.75) is 13.3 Å². The predicted molar refractivity (Wildman–Crippen MR) is 71.1 cm³/mol. The molecule has 90 valence electrons. The number of nitrogens with zero attached hydrogens (tertiary/aromatic N) is 4. The van der Waals surface area contributed by atoms with Crippen LogP contribution >= 0.6 is 0 Å². The average molecular weight is 238 g/mol. The van der Waals surface area contributed by atoms with E-state index in [0.29, 0.717) is 0 Å².